The van der Waals surface area contributed by atoms with Crippen molar-refractivity contribution in [3.8, 4) is 0 Å². The molecule has 3 rings (SSSR count). The maximum atomic E-state index is 13.3. The number of aromatic nitrogens is 1. The fraction of sp³-hybridized carbons (Fsp3) is 0.455. The first kappa shape index (κ1) is 18.4. The average molecular weight is 352 g/mol. The van der Waals surface area contributed by atoms with E-state index in [0.29, 0.717) is 17.2 Å². The van der Waals surface area contributed by atoms with Crippen LogP contribution in [0.4, 0.5) is 0 Å². The Hall–Kier alpha value is -2.36. The molecule has 0 saturated carbocycles. The number of carbonyl (C=O) groups is 2. The number of aryl methyl sites for hydroxylation is 1. The molecule has 1 fully saturated rings. The summed E-state index contributed by atoms with van der Waals surface area (Å²) in [5.41, 5.74) is 4.08. The second-order valence-corrected chi connectivity index (χ2v) is 7.31. The van der Waals surface area contributed by atoms with E-state index in [1.807, 2.05) is 24.8 Å². The standard InChI is InChI=1S/C22H28N2O2/c1-5-18(17-10-7-6-8-11-17)19-12-9-13-24(19)22(26)21-14(2)20(16(4)25)15(3)23-21/h6-8,10-11,18-19,23H,5,9,12-13H2,1-4H3. The van der Waals surface area contributed by atoms with Crippen LogP contribution >= 0.6 is 0 Å². The van der Waals surface area contributed by atoms with Gasteiger partial charge in [-0.15, -0.1) is 0 Å². The molecule has 1 aliphatic rings. The van der Waals surface area contributed by atoms with Crippen LogP contribution in [0.1, 0.15) is 76.7 Å². The van der Waals surface area contributed by atoms with Crippen LogP contribution in [0, 0.1) is 13.8 Å². The Morgan fingerprint density at radius 3 is 2.50 bits per heavy atom. The summed E-state index contributed by atoms with van der Waals surface area (Å²) >= 11 is 0. The Morgan fingerprint density at radius 1 is 1.23 bits per heavy atom. The molecular weight excluding hydrogens is 324 g/mol. The lowest BCUT2D eigenvalue weighted by molar-refractivity contribution is 0.0708. The van der Waals surface area contributed by atoms with Crippen molar-refractivity contribution in [1.82, 2.24) is 9.88 Å². The number of aromatic amines is 1. The van der Waals surface area contributed by atoms with Crippen molar-refractivity contribution < 1.29 is 9.59 Å². The van der Waals surface area contributed by atoms with E-state index in [-0.39, 0.29) is 17.7 Å². The molecular formula is C22H28N2O2. The minimum Gasteiger partial charge on any atom is -0.354 e. The first-order valence-corrected chi connectivity index (χ1v) is 9.51. The topological polar surface area (TPSA) is 53.2 Å². The minimum atomic E-state index is 0.00370. The summed E-state index contributed by atoms with van der Waals surface area (Å²) < 4.78 is 0. The third-order valence-electron chi connectivity index (χ3n) is 5.70. The van der Waals surface area contributed by atoms with Gasteiger partial charge in [-0.1, -0.05) is 37.3 Å². The van der Waals surface area contributed by atoms with Crippen molar-refractivity contribution in [1.29, 1.82) is 0 Å². The van der Waals surface area contributed by atoms with Gasteiger partial charge in [0.1, 0.15) is 5.69 Å². The fourth-order valence-electron chi connectivity index (χ4n) is 4.53. The van der Waals surface area contributed by atoms with Crippen LogP contribution in [-0.2, 0) is 0 Å². The van der Waals surface area contributed by atoms with E-state index in [9.17, 15) is 9.59 Å². The highest BCUT2D eigenvalue weighted by Crippen LogP contribution is 2.35. The summed E-state index contributed by atoms with van der Waals surface area (Å²) in [6, 6.07) is 10.7. The van der Waals surface area contributed by atoms with Crippen LogP contribution < -0.4 is 0 Å². The van der Waals surface area contributed by atoms with Gasteiger partial charge in [0, 0.05) is 29.8 Å². The zero-order valence-corrected chi connectivity index (χ0v) is 16.1. The molecule has 1 saturated heterocycles. The number of nitrogens with one attached hydrogen (secondary N) is 1. The van der Waals surface area contributed by atoms with Gasteiger partial charge in [-0.2, -0.15) is 0 Å². The predicted octanol–water partition coefficient (Wildman–Crippen LogP) is 4.63. The Morgan fingerprint density at radius 2 is 1.92 bits per heavy atom. The van der Waals surface area contributed by atoms with Gasteiger partial charge in [0.15, 0.2) is 5.78 Å². The second-order valence-electron chi connectivity index (χ2n) is 7.31. The number of rotatable bonds is 5. The van der Waals surface area contributed by atoms with Crippen molar-refractivity contribution in [2.75, 3.05) is 6.54 Å². The number of hydrogen-bond acceptors (Lipinski definition) is 2. The Balaban J connectivity index is 1.92. The highest BCUT2D eigenvalue weighted by molar-refractivity contribution is 6.02. The second kappa shape index (κ2) is 7.48. The number of benzene rings is 1. The van der Waals surface area contributed by atoms with Crippen molar-refractivity contribution in [2.24, 2.45) is 0 Å². The lowest BCUT2D eigenvalue weighted by Gasteiger charge is -2.31. The monoisotopic (exact) mass is 352 g/mol. The van der Waals surface area contributed by atoms with E-state index in [2.05, 4.69) is 36.2 Å². The summed E-state index contributed by atoms with van der Waals surface area (Å²) in [5.74, 6) is 0.366. The zero-order valence-electron chi connectivity index (χ0n) is 16.1. The van der Waals surface area contributed by atoms with Crippen LogP contribution in [0.25, 0.3) is 0 Å². The Kier molecular flexibility index (Phi) is 5.30. The van der Waals surface area contributed by atoms with Crippen molar-refractivity contribution in [3.05, 3.63) is 58.4 Å². The highest BCUT2D eigenvalue weighted by Gasteiger charge is 2.36. The molecule has 2 aromatic rings. The molecule has 0 aliphatic carbocycles. The van der Waals surface area contributed by atoms with Crippen LogP contribution in [-0.4, -0.2) is 34.2 Å². The number of carbonyl (C=O) groups excluding carboxylic acids is 2. The third kappa shape index (κ3) is 3.20. The molecule has 2 atom stereocenters. The molecule has 1 aromatic carbocycles. The molecule has 1 amide bonds. The van der Waals surface area contributed by atoms with Crippen LogP contribution in [0.2, 0.25) is 0 Å². The minimum absolute atomic E-state index is 0.00370. The zero-order chi connectivity index (χ0) is 18.8. The summed E-state index contributed by atoms with van der Waals surface area (Å²) in [7, 11) is 0. The SMILES string of the molecule is CCC(c1ccccc1)C1CCCN1C(=O)c1[nH]c(C)c(C(C)=O)c1C. The third-order valence-corrected chi connectivity index (χ3v) is 5.70. The van der Waals surface area contributed by atoms with Gasteiger partial charge < -0.3 is 9.88 Å². The molecule has 2 heterocycles. The van der Waals surface area contributed by atoms with Gasteiger partial charge in [-0.25, -0.2) is 0 Å². The van der Waals surface area contributed by atoms with Crippen LogP contribution in [0.15, 0.2) is 30.3 Å². The number of likely N-dealkylation sites (tertiary alicyclic amines) is 1. The van der Waals surface area contributed by atoms with Crippen LogP contribution in [0.5, 0.6) is 0 Å². The Bertz CT molecular complexity index is 807. The van der Waals surface area contributed by atoms with E-state index >= 15 is 0 Å². The largest absolute Gasteiger partial charge is 0.354 e. The number of ketones is 1. The highest BCUT2D eigenvalue weighted by atomic mass is 16.2. The van der Waals surface area contributed by atoms with Gasteiger partial charge in [0.25, 0.3) is 5.91 Å². The summed E-state index contributed by atoms with van der Waals surface area (Å²) in [5, 5.41) is 0. The normalized spacial score (nSPS) is 18.2. The lowest BCUT2D eigenvalue weighted by Crippen LogP contribution is -2.39. The molecule has 0 spiro atoms. The molecule has 0 bridgehead atoms. The molecule has 26 heavy (non-hydrogen) atoms. The first-order chi connectivity index (χ1) is 12.5. The molecule has 1 aliphatic heterocycles. The molecule has 1 N–H and O–H groups in total. The fourth-order valence-corrected chi connectivity index (χ4v) is 4.53. The van der Waals surface area contributed by atoms with Crippen molar-refractivity contribution in [2.45, 2.75) is 58.9 Å². The molecule has 138 valence electrons. The number of amides is 1. The maximum Gasteiger partial charge on any atom is 0.270 e. The Labute approximate surface area is 155 Å². The van der Waals surface area contributed by atoms with Crippen molar-refractivity contribution in [3.63, 3.8) is 0 Å². The summed E-state index contributed by atoms with van der Waals surface area (Å²) in [6.07, 6.45) is 3.05. The lowest BCUT2D eigenvalue weighted by atomic mass is 9.87. The van der Waals surface area contributed by atoms with Gasteiger partial charge in [-0.05, 0) is 51.2 Å². The van der Waals surface area contributed by atoms with E-state index in [0.717, 1.165) is 37.1 Å². The summed E-state index contributed by atoms with van der Waals surface area (Å²) in [4.78, 5) is 30.4. The van der Waals surface area contributed by atoms with E-state index in [1.165, 1.54) is 5.56 Å². The predicted molar refractivity (Wildman–Crippen MR) is 104 cm³/mol. The molecule has 0 radical (unpaired) electrons. The smallest absolute Gasteiger partial charge is 0.270 e. The maximum absolute atomic E-state index is 13.3. The number of Topliss-reactive ketones (excluding diaryl/α,β-unsaturated/α-hetero) is 1. The molecule has 4 heteroatoms. The van der Waals surface area contributed by atoms with Gasteiger partial charge in [0.05, 0.1) is 0 Å². The van der Waals surface area contributed by atoms with Crippen molar-refractivity contribution >= 4 is 11.7 Å². The summed E-state index contributed by atoms with van der Waals surface area (Å²) in [6.45, 7) is 8.25. The quantitative estimate of drug-likeness (QED) is 0.798. The van der Waals surface area contributed by atoms with Gasteiger partial charge in [0.2, 0.25) is 0 Å². The average Bonchev–Trinajstić information content (AvgIpc) is 3.20. The van der Waals surface area contributed by atoms with Gasteiger partial charge >= 0.3 is 0 Å². The van der Waals surface area contributed by atoms with E-state index < -0.39 is 0 Å². The van der Waals surface area contributed by atoms with Crippen LogP contribution in [0.3, 0.4) is 0 Å². The van der Waals surface area contributed by atoms with E-state index in [4.69, 9.17) is 0 Å². The number of nitrogens with zero attached hydrogens (tertiary/aromatic N) is 1. The number of hydrogen-bond donors (Lipinski definition) is 1. The number of H-pyrrole nitrogens is 1. The first-order valence-electron chi connectivity index (χ1n) is 9.51. The van der Waals surface area contributed by atoms with E-state index in [1.54, 1.807) is 6.92 Å². The molecule has 1 aromatic heterocycles. The molecule has 2 unspecified atom stereocenters. The molecule has 4 nitrogen and oxygen atoms in total. The van der Waals surface area contributed by atoms with Gasteiger partial charge in [-0.3, -0.25) is 9.59 Å².